The maximum absolute atomic E-state index is 6.03. The summed E-state index contributed by atoms with van der Waals surface area (Å²) in [5.41, 5.74) is 7.34. The number of fused-ring (bicyclic) bond motifs is 3. The number of allylic oxidation sites excluding steroid dienone is 2. The quantitative estimate of drug-likeness (QED) is 0.647. The van der Waals surface area contributed by atoms with Crippen molar-refractivity contribution in [2.75, 3.05) is 0 Å². The fourth-order valence-electron chi connectivity index (χ4n) is 4.10. The van der Waals surface area contributed by atoms with Gasteiger partial charge in [0, 0.05) is 5.39 Å². The van der Waals surface area contributed by atoms with Gasteiger partial charge in [0.2, 0.25) is 0 Å². The van der Waals surface area contributed by atoms with E-state index in [9.17, 15) is 0 Å². The molecule has 0 bridgehead atoms. The molecule has 2 aliphatic rings. The van der Waals surface area contributed by atoms with Crippen LogP contribution in [0.25, 0.3) is 11.0 Å². The molecule has 0 unspecified atom stereocenters. The maximum atomic E-state index is 6.03. The Balaban J connectivity index is 1.73. The first-order chi connectivity index (χ1) is 10.3. The Kier molecular flexibility index (Phi) is 3.37. The molecular weight excluding hydrogens is 256 g/mol. The lowest BCUT2D eigenvalue weighted by Crippen LogP contribution is -1.95. The molecule has 0 saturated heterocycles. The molecule has 1 heterocycles. The minimum atomic E-state index is 1.05. The Morgan fingerprint density at radius 1 is 1.00 bits per heavy atom. The number of benzene rings is 1. The Bertz CT molecular complexity index is 694. The van der Waals surface area contributed by atoms with Gasteiger partial charge in [0.1, 0.15) is 11.3 Å². The van der Waals surface area contributed by atoms with E-state index in [2.05, 4.69) is 25.1 Å². The van der Waals surface area contributed by atoms with E-state index in [0.29, 0.717) is 0 Å². The van der Waals surface area contributed by atoms with Crippen molar-refractivity contribution in [3.63, 3.8) is 0 Å². The second-order valence-electron chi connectivity index (χ2n) is 6.75. The van der Waals surface area contributed by atoms with Gasteiger partial charge in [-0.3, -0.25) is 0 Å². The normalized spacial score (nSPS) is 18.2. The van der Waals surface area contributed by atoms with Crippen LogP contribution < -0.4 is 0 Å². The summed E-state index contributed by atoms with van der Waals surface area (Å²) in [6.07, 6.45) is 14.1. The molecule has 21 heavy (non-hydrogen) atoms. The second-order valence-corrected chi connectivity index (χ2v) is 6.75. The fourth-order valence-corrected chi connectivity index (χ4v) is 4.10. The first kappa shape index (κ1) is 13.2. The van der Waals surface area contributed by atoms with Crippen LogP contribution in [0, 0.1) is 6.92 Å². The molecule has 0 radical (unpaired) electrons. The van der Waals surface area contributed by atoms with Crippen molar-refractivity contribution in [1.29, 1.82) is 0 Å². The van der Waals surface area contributed by atoms with Gasteiger partial charge in [0.05, 0.1) is 0 Å². The second kappa shape index (κ2) is 5.36. The van der Waals surface area contributed by atoms with E-state index in [0.717, 1.165) is 17.8 Å². The van der Waals surface area contributed by atoms with Crippen LogP contribution in [0.15, 0.2) is 28.2 Å². The molecule has 0 atom stereocenters. The first-order valence-electron chi connectivity index (χ1n) is 8.53. The van der Waals surface area contributed by atoms with Gasteiger partial charge < -0.3 is 4.42 Å². The molecule has 2 aromatic rings. The molecule has 1 aromatic heterocycles. The average Bonchev–Trinajstić information content (AvgIpc) is 3.11. The van der Waals surface area contributed by atoms with Gasteiger partial charge in [-0.15, -0.1) is 0 Å². The van der Waals surface area contributed by atoms with Crippen LogP contribution in [-0.2, 0) is 19.3 Å². The third kappa shape index (κ3) is 2.43. The molecule has 110 valence electrons. The largest absolute Gasteiger partial charge is 0.461 e. The van der Waals surface area contributed by atoms with Gasteiger partial charge >= 0.3 is 0 Å². The molecular formula is C20H24O. The van der Waals surface area contributed by atoms with Gasteiger partial charge in [-0.05, 0) is 81.0 Å². The minimum Gasteiger partial charge on any atom is -0.461 e. The Hall–Kier alpha value is -1.50. The first-order valence-corrected chi connectivity index (χ1v) is 8.53. The molecule has 4 rings (SSSR count). The summed E-state index contributed by atoms with van der Waals surface area (Å²) in [5.74, 6) is 1.05. The van der Waals surface area contributed by atoms with E-state index in [1.54, 1.807) is 16.7 Å². The topological polar surface area (TPSA) is 13.1 Å². The molecule has 0 N–H and O–H groups in total. The van der Waals surface area contributed by atoms with Gasteiger partial charge in [-0.25, -0.2) is 0 Å². The highest BCUT2D eigenvalue weighted by Gasteiger charge is 2.19. The molecule has 1 aromatic carbocycles. The predicted octanol–water partition coefficient (Wildman–Crippen LogP) is 5.66. The highest BCUT2D eigenvalue weighted by molar-refractivity contribution is 5.86. The van der Waals surface area contributed by atoms with Crippen LogP contribution in [0.2, 0.25) is 0 Å². The van der Waals surface area contributed by atoms with Crippen molar-refractivity contribution in [3.05, 3.63) is 46.2 Å². The zero-order valence-corrected chi connectivity index (χ0v) is 13.0. The molecule has 1 nitrogen and oxygen atoms in total. The van der Waals surface area contributed by atoms with Crippen molar-refractivity contribution in [2.45, 2.75) is 64.7 Å². The van der Waals surface area contributed by atoms with Crippen LogP contribution in [0.1, 0.15) is 61.0 Å². The molecule has 1 heteroatoms. The van der Waals surface area contributed by atoms with E-state index in [1.807, 2.05) is 0 Å². The summed E-state index contributed by atoms with van der Waals surface area (Å²) in [6.45, 7) is 2.07. The molecule has 1 fully saturated rings. The van der Waals surface area contributed by atoms with E-state index < -0.39 is 0 Å². The van der Waals surface area contributed by atoms with Crippen molar-refractivity contribution >= 4 is 11.0 Å². The third-order valence-electron chi connectivity index (χ3n) is 5.19. The lowest BCUT2D eigenvalue weighted by atomic mass is 9.92. The maximum Gasteiger partial charge on any atom is 0.138 e. The zero-order valence-electron chi connectivity index (χ0n) is 13.0. The lowest BCUT2D eigenvalue weighted by Gasteiger charge is -2.13. The van der Waals surface area contributed by atoms with Crippen molar-refractivity contribution in [2.24, 2.45) is 0 Å². The van der Waals surface area contributed by atoms with Crippen LogP contribution in [0.4, 0.5) is 0 Å². The minimum absolute atomic E-state index is 1.05. The van der Waals surface area contributed by atoms with Crippen LogP contribution in [-0.4, -0.2) is 0 Å². The Morgan fingerprint density at radius 2 is 1.86 bits per heavy atom. The molecule has 1 saturated carbocycles. The van der Waals surface area contributed by atoms with E-state index in [1.165, 1.54) is 62.3 Å². The summed E-state index contributed by atoms with van der Waals surface area (Å²) < 4.78 is 6.03. The van der Waals surface area contributed by atoms with Crippen molar-refractivity contribution in [1.82, 2.24) is 0 Å². The number of aryl methyl sites for hydroxylation is 3. The summed E-state index contributed by atoms with van der Waals surface area (Å²) in [4.78, 5) is 0. The van der Waals surface area contributed by atoms with Crippen LogP contribution in [0.5, 0.6) is 0 Å². The number of furan rings is 1. The van der Waals surface area contributed by atoms with Gasteiger partial charge in [0.15, 0.2) is 0 Å². The number of hydrogen-bond acceptors (Lipinski definition) is 1. The van der Waals surface area contributed by atoms with Crippen LogP contribution >= 0.6 is 0 Å². The summed E-state index contributed by atoms with van der Waals surface area (Å²) in [6, 6.07) is 4.67. The molecule has 2 aliphatic carbocycles. The number of hydrogen-bond donors (Lipinski definition) is 0. The van der Waals surface area contributed by atoms with Gasteiger partial charge in [0.25, 0.3) is 0 Å². The van der Waals surface area contributed by atoms with E-state index >= 15 is 0 Å². The summed E-state index contributed by atoms with van der Waals surface area (Å²) in [7, 11) is 0. The van der Waals surface area contributed by atoms with Crippen LogP contribution in [0.3, 0.4) is 0 Å². The Labute approximate surface area is 127 Å². The molecule has 0 amide bonds. The highest BCUT2D eigenvalue weighted by atomic mass is 16.3. The summed E-state index contributed by atoms with van der Waals surface area (Å²) in [5, 5.41) is 1.39. The van der Waals surface area contributed by atoms with Crippen molar-refractivity contribution in [3.8, 4) is 0 Å². The zero-order chi connectivity index (χ0) is 14.2. The van der Waals surface area contributed by atoms with Crippen molar-refractivity contribution < 1.29 is 4.42 Å². The van der Waals surface area contributed by atoms with E-state index in [4.69, 9.17) is 4.42 Å². The molecule has 0 aliphatic heterocycles. The smallest absolute Gasteiger partial charge is 0.138 e. The SMILES string of the molecule is Cc1cc2c3c(cc(CC=C4CCCCC4)c2o1)CCC3. The average molecular weight is 280 g/mol. The predicted molar refractivity (Wildman–Crippen MR) is 87.8 cm³/mol. The fraction of sp³-hybridized carbons (Fsp3) is 0.500. The molecule has 0 spiro atoms. The van der Waals surface area contributed by atoms with Gasteiger partial charge in [-0.1, -0.05) is 24.1 Å². The highest BCUT2D eigenvalue weighted by Crippen LogP contribution is 2.35. The third-order valence-corrected chi connectivity index (χ3v) is 5.19. The monoisotopic (exact) mass is 280 g/mol. The summed E-state index contributed by atoms with van der Waals surface area (Å²) >= 11 is 0. The van der Waals surface area contributed by atoms with E-state index in [-0.39, 0.29) is 0 Å². The van der Waals surface area contributed by atoms with Gasteiger partial charge in [-0.2, -0.15) is 0 Å². The Morgan fingerprint density at radius 3 is 2.71 bits per heavy atom. The number of rotatable bonds is 2. The lowest BCUT2D eigenvalue weighted by molar-refractivity contribution is 0.575. The standard InChI is InChI=1S/C20H24O/c1-14-12-19-18-9-5-8-16(18)13-17(20(19)21-14)11-10-15-6-3-2-4-7-15/h10,12-13H,2-9,11H2,1H3.